The van der Waals surface area contributed by atoms with Crippen molar-refractivity contribution in [3.63, 3.8) is 0 Å². The summed E-state index contributed by atoms with van der Waals surface area (Å²) in [5.41, 5.74) is 1.02. The van der Waals surface area contributed by atoms with Crippen LogP contribution in [0, 0.1) is 5.92 Å². The van der Waals surface area contributed by atoms with Crippen LogP contribution in [0.5, 0.6) is 0 Å². The molecule has 28 heavy (non-hydrogen) atoms. The summed E-state index contributed by atoms with van der Waals surface area (Å²) in [4.78, 5) is 25.6. The average molecular weight is 401 g/mol. The van der Waals surface area contributed by atoms with E-state index in [1.807, 2.05) is 0 Å². The van der Waals surface area contributed by atoms with E-state index in [4.69, 9.17) is 0 Å². The fourth-order valence-electron chi connectivity index (χ4n) is 3.14. The van der Waals surface area contributed by atoms with E-state index in [9.17, 15) is 18.0 Å². The lowest BCUT2D eigenvalue weighted by Crippen LogP contribution is -2.40. The van der Waals surface area contributed by atoms with Crippen molar-refractivity contribution < 1.29 is 18.0 Å². The van der Waals surface area contributed by atoms with Crippen molar-refractivity contribution in [1.82, 2.24) is 4.90 Å². The third-order valence-electron chi connectivity index (χ3n) is 4.77. The number of likely N-dealkylation sites (tertiary alicyclic amines) is 1. The topological polar surface area (TPSA) is 95.6 Å². The molecule has 8 heteroatoms. The van der Waals surface area contributed by atoms with Gasteiger partial charge in [-0.2, -0.15) is 0 Å². The van der Waals surface area contributed by atoms with E-state index in [2.05, 4.69) is 10.0 Å². The van der Waals surface area contributed by atoms with Crippen molar-refractivity contribution in [3.05, 3.63) is 54.6 Å². The van der Waals surface area contributed by atoms with Crippen LogP contribution < -0.4 is 10.0 Å². The van der Waals surface area contributed by atoms with Gasteiger partial charge >= 0.3 is 0 Å². The fourth-order valence-corrected chi connectivity index (χ4v) is 4.20. The van der Waals surface area contributed by atoms with Crippen LogP contribution in [-0.2, 0) is 19.6 Å². The summed E-state index contributed by atoms with van der Waals surface area (Å²) < 4.78 is 27.4. The van der Waals surface area contributed by atoms with E-state index in [1.54, 1.807) is 47.4 Å². The zero-order chi connectivity index (χ0) is 20.1. The maximum absolute atomic E-state index is 12.4. The molecule has 1 fully saturated rings. The number of anilines is 2. The summed E-state index contributed by atoms with van der Waals surface area (Å²) >= 11 is 0. The fraction of sp³-hybridized carbons (Fsp3) is 0.300. The minimum atomic E-state index is -3.69. The van der Waals surface area contributed by atoms with Crippen LogP contribution in [0.2, 0.25) is 0 Å². The Morgan fingerprint density at radius 2 is 1.54 bits per heavy atom. The zero-order valence-corrected chi connectivity index (χ0v) is 16.4. The largest absolute Gasteiger partial charge is 0.343 e. The Labute approximate surface area is 164 Å². The van der Waals surface area contributed by atoms with Crippen molar-refractivity contribution in [2.24, 2.45) is 5.92 Å². The van der Waals surface area contributed by atoms with Crippen molar-refractivity contribution in [2.45, 2.75) is 24.7 Å². The molecule has 0 atom stereocenters. The van der Waals surface area contributed by atoms with Gasteiger partial charge in [0.2, 0.25) is 11.8 Å². The molecule has 0 radical (unpaired) electrons. The van der Waals surface area contributed by atoms with Crippen molar-refractivity contribution in [1.29, 1.82) is 0 Å². The van der Waals surface area contributed by atoms with Gasteiger partial charge in [0.05, 0.1) is 4.90 Å². The molecule has 2 amide bonds. The molecule has 0 aromatic heterocycles. The van der Waals surface area contributed by atoms with Gasteiger partial charge in [0.25, 0.3) is 10.0 Å². The van der Waals surface area contributed by atoms with Crippen LogP contribution >= 0.6 is 0 Å². The maximum Gasteiger partial charge on any atom is 0.261 e. The van der Waals surface area contributed by atoms with Gasteiger partial charge in [-0.15, -0.1) is 0 Å². The molecular weight excluding hydrogens is 378 g/mol. The molecule has 2 N–H and O–H groups in total. The van der Waals surface area contributed by atoms with E-state index in [-0.39, 0.29) is 22.6 Å². The highest BCUT2D eigenvalue weighted by molar-refractivity contribution is 7.92. The van der Waals surface area contributed by atoms with Crippen LogP contribution in [-0.4, -0.2) is 38.2 Å². The molecule has 148 valence electrons. The second kappa shape index (κ2) is 8.43. The van der Waals surface area contributed by atoms with Gasteiger partial charge in [-0.3, -0.25) is 14.3 Å². The summed E-state index contributed by atoms with van der Waals surface area (Å²) in [7, 11) is -3.69. The molecule has 1 heterocycles. The third kappa shape index (κ3) is 4.89. The summed E-state index contributed by atoms with van der Waals surface area (Å²) in [6, 6.07) is 14.7. The number of benzene rings is 2. The van der Waals surface area contributed by atoms with E-state index in [0.29, 0.717) is 37.3 Å². The van der Waals surface area contributed by atoms with E-state index in [0.717, 1.165) is 0 Å². The lowest BCUT2D eigenvalue weighted by atomic mass is 9.96. The molecule has 0 aliphatic carbocycles. The van der Waals surface area contributed by atoms with Gasteiger partial charge in [0.1, 0.15) is 0 Å². The van der Waals surface area contributed by atoms with Gasteiger partial charge in [0, 0.05) is 37.3 Å². The first-order chi connectivity index (χ1) is 13.3. The van der Waals surface area contributed by atoms with Gasteiger partial charge in [0.15, 0.2) is 0 Å². The summed E-state index contributed by atoms with van der Waals surface area (Å²) in [6.07, 6.45) is 1.25. The number of hydrogen-bond donors (Lipinski definition) is 2. The SMILES string of the molecule is CC(=O)N1CCC(C(=O)Nc2ccc(S(=O)(=O)Nc3ccccc3)cc2)CC1. The first kappa shape index (κ1) is 19.9. The summed E-state index contributed by atoms with van der Waals surface area (Å²) in [5.74, 6) is -0.236. The standard InChI is InChI=1S/C20H23N3O4S/c1-15(24)23-13-11-16(12-14-23)20(25)21-17-7-9-19(10-8-17)28(26,27)22-18-5-3-2-4-6-18/h2-10,16,22H,11-14H2,1H3,(H,21,25). The van der Waals surface area contributed by atoms with E-state index < -0.39 is 10.0 Å². The Morgan fingerprint density at radius 3 is 2.11 bits per heavy atom. The smallest absolute Gasteiger partial charge is 0.261 e. The number of carbonyl (C=O) groups excluding carboxylic acids is 2. The van der Waals surface area contributed by atoms with E-state index in [1.165, 1.54) is 19.1 Å². The number of hydrogen-bond acceptors (Lipinski definition) is 4. The molecule has 0 bridgehead atoms. The molecule has 2 aromatic rings. The predicted molar refractivity (Wildman–Crippen MR) is 107 cm³/mol. The lowest BCUT2D eigenvalue weighted by molar-refractivity contribution is -0.132. The Balaban J connectivity index is 1.60. The predicted octanol–water partition coefficient (Wildman–Crippen LogP) is 2.68. The van der Waals surface area contributed by atoms with Crippen LogP contribution in [0.25, 0.3) is 0 Å². The molecular formula is C20H23N3O4S. The zero-order valence-electron chi connectivity index (χ0n) is 15.6. The summed E-state index contributed by atoms with van der Waals surface area (Å²) in [5, 5.41) is 2.83. The first-order valence-electron chi connectivity index (χ1n) is 9.09. The van der Waals surface area contributed by atoms with Gasteiger partial charge < -0.3 is 10.2 Å². The monoisotopic (exact) mass is 401 g/mol. The van der Waals surface area contributed by atoms with Gasteiger partial charge in [-0.05, 0) is 49.2 Å². The molecule has 2 aromatic carbocycles. The minimum absolute atomic E-state index is 0.0276. The highest BCUT2D eigenvalue weighted by Crippen LogP contribution is 2.21. The van der Waals surface area contributed by atoms with E-state index >= 15 is 0 Å². The number of nitrogens with zero attached hydrogens (tertiary/aromatic N) is 1. The highest BCUT2D eigenvalue weighted by atomic mass is 32.2. The normalized spacial score (nSPS) is 15.1. The van der Waals surface area contributed by atoms with Gasteiger partial charge in [-0.25, -0.2) is 8.42 Å². The molecule has 1 aliphatic heterocycles. The van der Waals surface area contributed by atoms with Crippen molar-refractivity contribution in [3.8, 4) is 0 Å². The number of amides is 2. The lowest BCUT2D eigenvalue weighted by Gasteiger charge is -2.30. The molecule has 0 unspecified atom stereocenters. The second-order valence-corrected chi connectivity index (χ2v) is 8.45. The Kier molecular flexibility index (Phi) is 5.99. The van der Waals surface area contributed by atoms with Crippen LogP contribution in [0.1, 0.15) is 19.8 Å². The maximum atomic E-state index is 12.4. The third-order valence-corrected chi connectivity index (χ3v) is 6.17. The molecule has 3 rings (SSSR count). The Bertz CT molecular complexity index is 935. The number of carbonyl (C=O) groups is 2. The number of nitrogens with one attached hydrogen (secondary N) is 2. The molecule has 0 saturated carbocycles. The minimum Gasteiger partial charge on any atom is -0.343 e. The molecule has 0 spiro atoms. The number of rotatable bonds is 5. The average Bonchev–Trinajstić information content (AvgIpc) is 2.69. The highest BCUT2D eigenvalue weighted by Gasteiger charge is 2.26. The van der Waals surface area contributed by atoms with Crippen LogP contribution in [0.3, 0.4) is 0 Å². The Hall–Kier alpha value is -2.87. The molecule has 7 nitrogen and oxygen atoms in total. The number of piperidine rings is 1. The number of para-hydroxylation sites is 1. The van der Waals surface area contributed by atoms with Crippen LogP contribution in [0.4, 0.5) is 11.4 Å². The van der Waals surface area contributed by atoms with Crippen molar-refractivity contribution in [2.75, 3.05) is 23.1 Å². The quantitative estimate of drug-likeness (QED) is 0.805. The van der Waals surface area contributed by atoms with Crippen molar-refractivity contribution >= 4 is 33.2 Å². The van der Waals surface area contributed by atoms with Gasteiger partial charge in [-0.1, -0.05) is 18.2 Å². The number of sulfonamides is 1. The Morgan fingerprint density at radius 1 is 0.929 bits per heavy atom. The second-order valence-electron chi connectivity index (χ2n) is 6.77. The summed E-state index contributed by atoms with van der Waals surface area (Å²) in [6.45, 7) is 2.69. The molecule has 1 aliphatic rings. The molecule has 1 saturated heterocycles. The van der Waals surface area contributed by atoms with Crippen LogP contribution in [0.15, 0.2) is 59.5 Å². The first-order valence-corrected chi connectivity index (χ1v) is 10.6.